The maximum absolute atomic E-state index is 12.4. The molecule has 0 bridgehead atoms. The van der Waals surface area contributed by atoms with Crippen molar-refractivity contribution in [3.05, 3.63) is 46.4 Å². The van der Waals surface area contributed by atoms with E-state index in [-0.39, 0.29) is 11.3 Å². The number of halogens is 1. The molecule has 10 heteroatoms. The number of aromatic amines is 1. The molecule has 1 aliphatic heterocycles. The number of hydrogen-bond donors (Lipinski definition) is 2. The summed E-state index contributed by atoms with van der Waals surface area (Å²) in [5.41, 5.74) is 3.56. The number of imidazole rings is 1. The molecule has 1 fully saturated rings. The van der Waals surface area contributed by atoms with Crippen molar-refractivity contribution in [2.75, 3.05) is 44.7 Å². The van der Waals surface area contributed by atoms with Gasteiger partial charge >= 0.3 is 0 Å². The van der Waals surface area contributed by atoms with E-state index in [0.717, 1.165) is 59.0 Å². The van der Waals surface area contributed by atoms with E-state index in [1.54, 1.807) is 25.1 Å². The van der Waals surface area contributed by atoms with Crippen molar-refractivity contribution in [2.45, 2.75) is 19.2 Å². The molecule has 1 unspecified atom stereocenters. The van der Waals surface area contributed by atoms with E-state index < -0.39 is 0 Å². The van der Waals surface area contributed by atoms with Crippen LogP contribution in [0, 0.1) is 0 Å². The molecule has 180 valence electrons. The first kappa shape index (κ1) is 24.6. The number of rotatable bonds is 8. The van der Waals surface area contributed by atoms with Gasteiger partial charge in [0, 0.05) is 37.9 Å². The maximum Gasteiger partial charge on any atom is 0.235 e. The Balaban J connectivity index is 1.45. The Morgan fingerprint density at radius 3 is 2.88 bits per heavy atom. The summed E-state index contributed by atoms with van der Waals surface area (Å²) in [7, 11) is 1.65. The van der Waals surface area contributed by atoms with Crippen molar-refractivity contribution in [1.82, 2.24) is 25.2 Å². The predicted molar refractivity (Wildman–Crippen MR) is 142 cm³/mol. The Bertz CT molecular complexity index is 1180. The van der Waals surface area contributed by atoms with Gasteiger partial charge < -0.3 is 19.9 Å². The van der Waals surface area contributed by atoms with E-state index in [9.17, 15) is 4.79 Å². The number of amides is 1. The van der Waals surface area contributed by atoms with Crippen LogP contribution in [0.4, 0.5) is 5.69 Å². The molecule has 0 saturated carbocycles. The number of H-pyrrole nitrogens is 1. The second kappa shape index (κ2) is 11.2. The average molecular weight is 546 g/mol. The van der Waals surface area contributed by atoms with Gasteiger partial charge in [0.15, 0.2) is 5.65 Å². The lowest BCUT2D eigenvalue weighted by molar-refractivity contribution is -0.122. The zero-order chi connectivity index (χ0) is 24.1. The summed E-state index contributed by atoms with van der Waals surface area (Å²) in [6.45, 7) is 7.60. The fourth-order valence-electron chi connectivity index (χ4n) is 3.97. The highest BCUT2D eigenvalue weighted by molar-refractivity contribution is 9.10. The summed E-state index contributed by atoms with van der Waals surface area (Å²) in [5, 5.41) is 5.10. The Morgan fingerprint density at radius 2 is 2.15 bits per heavy atom. The SMILES string of the molecule is C/C=C\SC(C)NC(=O)CN1CCN(c2c(Br)cnc3nc(-c4cccc(OC)c4)[nH]c23)CC1. The standard InChI is InChI=1S/C24H29BrN6O2S/c1-4-12-34-16(2)27-20(32)15-30-8-10-31(11-9-30)22-19(25)14-26-24-21(22)28-23(29-24)17-6-5-7-18(13-17)33-3/h4-7,12-14,16H,8-11,15H2,1-3H3,(H,27,32)(H,26,28,29)/b12-4-. The monoisotopic (exact) mass is 544 g/mol. The van der Waals surface area contributed by atoms with E-state index >= 15 is 0 Å². The summed E-state index contributed by atoms with van der Waals surface area (Å²) in [4.78, 5) is 29.6. The lowest BCUT2D eigenvalue weighted by Crippen LogP contribution is -2.50. The molecule has 3 aromatic rings. The van der Waals surface area contributed by atoms with Gasteiger partial charge in [-0.1, -0.05) is 18.2 Å². The van der Waals surface area contributed by atoms with Gasteiger partial charge in [0.2, 0.25) is 5.91 Å². The molecule has 0 spiro atoms. The number of allylic oxidation sites excluding steroid dienone is 1. The second-order valence-electron chi connectivity index (χ2n) is 8.05. The van der Waals surface area contributed by atoms with Crippen LogP contribution in [0.2, 0.25) is 0 Å². The number of anilines is 1. The highest BCUT2D eigenvalue weighted by Gasteiger charge is 2.24. The third-order valence-electron chi connectivity index (χ3n) is 5.63. The quantitative estimate of drug-likeness (QED) is 0.410. The summed E-state index contributed by atoms with van der Waals surface area (Å²) in [6.07, 6.45) is 3.78. The lowest BCUT2D eigenvalue weighted by Gasteiger charge is -2.36. The first-order chi connectivity index (χ1) is 16.5. The van der Waals surface area contributed by atoms with Crippen LogP contribution in [-0.2, 0) is 4.79 Å². The van der Waals surface area contributed by atoms with Crippen LogP contribution in [0.15, 0.2) is 46.4 Å². The molecule has 0 radical (unpaired) electrons. The van der Waals surface area contributed by atoms with Crippen LogP contribution in [0.1, 0.15) is 13.8 Å². The molecular weight excluding hydrogens is 516 g/mol. The first-order valence-electron chi connectivity index (χ1n) is 11.2. The largest absolute Gasteiger partial charge is 0.497 e. The predicted octanol–water partition coefficient (Wildman–Crippen LogP) is 4.25. The smallest absolute Gasteiger partial charge is 0.235 e. The number of nitrogens with zero attached hydrogens (tertiary/aromatic N) is 4. The molecule has 0 aliphatic carbocycles. The molecule has 34 heavy (non-hydrogen) atoms. The van der Waals surface area contributed by atoms with Crippen molar-refractivity contribution in [3.63, 3.8) is 0 Å². The average Bonchev–Trinajstić information content (AvgIpc) is 3.28. The van der Waals surface area contributed by atoms with Crippen LogP contribution in [0.3, 0.4) is 0 Å². The van der Waals surface area contributed by atoms with Crippen molar-refractivity contribution in [2.24, 2.45) is 0 Å². The Morgan fingerprint density at radius 1 is 1.35 bits per heavy atom. The van der Waals surface area contributed by atoms with Crippen LogP contribution in [0.5, 0.6) is 5.75 Å². The van der Waals surface area contributed by atoms with Gasteiger partial charge in [-0.05, 0) is 47.3 Å². The molecule has 1 amide bonds. The molecule has 2 aromatic heterocycles. The number of pyridine rings is 1. The van der Waals surface area contributed by atoms with E-state index in [1.807, 2.05) is 49.6 Å². The zero-order valence-electron chi connectivity index (χ0n) is 19.5. The fraction of sp³-hybridized carbons (Fsp3) is 0.375. The number of fused-ring (bicyclic) bond motifs is 1. The number of nitrogens with one attached hydrogen (secondary N) is 2. The van der Waals surface area contributed by atoms with E-state index in [0.29, 0.717) is 12.2 Å². The summed E-state index contributed by atoms with van der Waals surface area (Å²) < 4.78 is 6.27. The third kappa shape index (κ3) is 5.73. The maximum atomic E-state index is 12.4. The van der Waals surface area contributed by atoms with Crippen LogP contribution in [0.25, 0.3) is 22.6 Å². The molecule has 1 atom stereocenters. The minimum Gasteiger partial charge on any atom is -0.497 e. The van der Waals surface area contributed by atoms with Gasteiger partial charge in [0.1, 0.15) is 17.1 Å². The number of methoxy groups -OCH3 is 1. The van der Waals surface area contributed by atoms with Gasteiger partial charge in [-0.25, -0.2) is 9.97 Å². The number of benzene rings is 1. The van der Waals surface area contributed by atoms with Gasteiger partial charge in [-0.3, -0.25) is 9.69 Å². The van der Waals surface area contributed by atoms with E-state index in [4.69, 9.17) is 9.72 Å². The molecule has 1 aromatic carbocycles. The number of piperazine rings is 1. The fourth-order valence-corrected chi connectivity index (χ4v) is 5.12. The molecule has 4 rings (SSSR count). The van der Waals surface area contributed by atoms with Gasteiger partial charge in [-0.15, -0.1) is 11.8 Å². The normalized spacial score (nSPS) is 15.7. The summed E-state index contributed by atoms with van der Waals surface area (Å²) in [5.74, 6) is 1.59. The molecule has 8 nitrogen and oxygen atoms in total. The highest BCUT2D eigenvalue weighted by Crippen LogP contribution is 2.34. The molecular formula is C24H29BrN6O2S. The second-order valence-corrected chi connectivity index (χ2v) is 10.2. The van der Waals surface area contributed by atoms with Crippen molar-refractivity contribution in [3.8, 4) is 17.1 Å². The van der Waals surface area contributed by atoms with Crippen molar-refractivity contribution < 1.29 is 9.53 Å². The zero-order valence-corrected chi connectivity index (χ0v) is 21.9. The van der Waals surface area contributed by atoms with Crippen LogP contribution in [-0.4, -0.2) is 71.0 Å². The number of ether oxygens (including phenoxy) is 1. The van der Waals surface area contributed by atoms with Gasteiger partial charge in [-0.2, -0.15) is 0 Å². The lowest BCUT2D eigenvalue weighted by atomic mass is 10.2. The van der Waals surface area contributed by atoms with Crippen molar-refractivity contribution >= 4 is 50.5 Å². The summed E-state index contributed by atoms with van der Waals surface area (Å²) in [6, 6.07) is 7.81. The van der Waals surface area contributed by atoms with Gasteiger partial charge in [0.05, 0.1) is 29.2 Å². The minimum atomic E-state index is 0.0573. The molecule has 1 saturated heterocycles. The number of carbonyl (C=O) groups excluding carboxylic acids is 1. The molecule has 2 N–H and O–H groups in total. The number of thioether (sulfide) groups is 1. The molecule has 1 aliphatic rings. The highest BCUT2D eigenvalue weighted by atomic mass is 79.9. The number of hydrogen-bond acceptors (Lipinski definition) is 7. The molecule has 3 heterocycles. The Labute approximate surface area is 212 Å². The van der Waals surface area contributed by atoms with E-state index in [2.05, 4.69) is 41.0 Å². The summed E-state index contributed by atoms with van der Waals surface area (Å²) >= 11 is 5.29. The van der Waals surface area contributed by atoms with Crippen molar-refractivity contribution in [1.29, 1.82) is 0 Å². The Kier molecular flexibility index (Phi) is 8.12. The van der Waals surface area contributed by atoms with Gasteiger partial charge in [0.25, 0.3) is 0 Å². The van der Waals surface area contributed by atoms with Crippen LogP contribution >= 0.6 is 27.7 Å². The number of carbonyl (C=O) groups is 1. The van der Waals surface area contributed by atoms with Crippen LogP contribution < -0.4 is 15.0 Å². The topological polar surface area (TPSA) is 86.4 Å². The first-order valence-corrected chi connectivity index (χ1v) is 12.9. The number of aromatic nitrogens is 3. The Hall–Kier alpha value is -2.56. The third-order valence-corrected chi connectivity index (χ3v) is 7.17. The minimum absolute atomic E-state index is 0.0573. The van der Waals surface area contributed by atoms with E-state index in [1.165, 1.54) is 0 Å².